The van der Waals surface area contributed by atoms with Gasteiger partial charge in [0, 0.05) is 18.8 Å². The van der Waals surface area contributed by atoms with Crippen molar-refractivity contribution >= 4 is 23.2 Å². The van der Waals surface area contributed by atoms with E-state index in [1.165, 1.54) is 0 Å². The number of benzene rings is 2. The van der Waals surface area contributed by atoms with Crippen molar-refractivity contribution in [3.05, 3.63) is 53.6 Å². The average molecular weight is 461 g/mol. The van der Waals surface area contributed by atoms with Gasteiger partial charge in [0.25, 0.3) is 0 Å². The van der Waals surface area contributed by atoms with Crippen LogP contribution in [0.4, 0.5) is 5.69 Å². The molecule has 3 rings (SSSR count). The first kappa shape index (κ1) is 24.4. The van der Waals surface area contributed by atoms with Crippen LogP contribution in [0.1, 0.15) is 39.0 Å². The van der Waals surface area contributed by atoms with Crippen LogP contribution in [0.15, 0.2) is 48.5 Å². The number of hydrogen-bond acceptors (Lipinski definition) is 5. The second-order valence-corrected chi connectivity index (χ2v) is 8.77. The highest BCUT2D eigenvalue weighted by atomic mass is 35.5. The SMILES string of the molecule is CCCCC[C@]1(O)CCN(CC(=O)Nc2ccc(OC)c(Cl)c2)C[C@@H]1Oc1ccccc1. The molecular formula is C25H33ClN2O4. The van der Waals surface area contributed by atoms with Crippen LogP contribution < -0.4 is 14.8 Å². The number of anilines is 1. The summed E-state index contributed by atoms with van der Waals surface area (Å²) in [5, 5.41) is 14.7. The van der Waals surface area contributed by atoms with E-state index in [0.717, 1.165) is 25.0 Å². The van der Waals surface area contributed by atoms with Gasteiger partial charge in [-0.15, -0.1) is 0 Å². The van der Waals surface area contributed by atoms with E-state index in [1.54, 1.807) is 25.3 Å². The van der Waals surface area contributed by atoms with Gasteiger partial charge in [0.15, 0.2) is 0 Å². The van der Waals surface area contributed by atoms with Crippen LogP contribution in [0.3, 0.4) is 0 Å². The molecule has 0 aliphatic carbocycles. The Labute approximate surface area is 195 Å². The minimum absolute atomic E-state index is 0.138. The lowest BCUT2D eigenvalue weighted by molar-refractivity contribution is -0.127. The Morgan fingerprint density at radius 1 is 1.25 bits per heavy atom. The number of carbonyl (C=O) groups is 1. The molecule has 0 saturated carbocycles. The summed E-state index contributed by atoms with van der Waals surface area (Å²) < 4.78 is 11.4. The first-order chi connectivity index (χ1) is 15.4. The largest absolute Gasteiger partial charge is 0.495 e. The smallest absolute Gasteiger partial charge is 0.238 e. The molecule has 0 radical (unpaired) electrons. The normalized spacial score (nSPS) is 21.2. The molecule has 1 amide bonds. The van der Waals surface area contributed by atoms with Crippen molar-refractivity contribution < 1.29 is 19.4 Å². The molecule has 1 aliphatic heterocycles. The van der Waals surface area contributed by atoms with Crippen molar-refractivity contribution in [3.8, 4) is 11.5 Å². The number of carbonyl (C=O) groups excluding carboxylic acids is 1. The summed E-state index contributed by atoms with van der Waals surface area (Å²) in [6, 6.07) is 14.7. The van der Waals surface area contributed by atoms with Gasteiger partial charge in [-0.25, -0.2) is 0 Å². The predicted molar refractivity (Wildman–Crippen MR) is 128 cm³/mol. The Kier molecular flexibility index (Phi) is 8.79. The molecule has 174 valence electrons. The van der Waals surface area contributed by atoms with Crippen LogP contribution in [0, 0.1) is 0 Å². The Morgan fingerprint density at radius 2 is 2.03 bits per heavy atom. The van der Waals surface area contributed by atoms with E-state index in [1.807, 2.05) is 35.2 Å². The number of piperidine rings is 1. The predicted octanol–water partition coefficient (Wildman–Crippen LogP) is 4.75. The molecule has 0 aromatic heterocycles. The van der Waals surface area contributed by atoms with Crippen LogP contribution in [0.5, 0.6) is 11.5 Å². The van der Waals surface area contributed by atoms with Crippen molar-refractivity contribution in [3.63, 3.8) is 0 Å². The third-order valence-electron chi connectivity index (χ3n) is 5.92. The molecular weight excluding hydrogens is 428 g/mol. The number of methoxy groups -OCH3 is 1. The Bertz CT molecular complexity index is 880. The maximum absolute atomic E-state index is 12.7. The van der Waals surface area contributed by atoms with Crippen molar-refractivity contribution in [2.45, 2.75) is 50.7 Å². The summed E-state index contributed by atoms with van der Waals surface area (Å²) in [5.41, 5.74) is -0.285. The number of rotatable bonds is 10. The van der Waals surface area contributed by atoms with E-state index in [-0.39, 0.29) is 12.5 Å². The van der Waals surface area contributed by atoms with Gasteiger partial charge in [-0.05, 0) is 43.2 Å². The van der Waals surface area contributed by atoms with Gasteiger partial charge in [-0.2, -0.15) is 0 Å². The summed E-state index contributed by atoms with van der Waals surface area (Å²) >= 11 is 6.15. The molecule has 0 unspecified atom stereocenters. The third-order valence-corrected chi connectivity index (χ3v) is 6.22. The second kappa shape index (κ2) is 11.5. The first-order valence-electron chi connectivity index (χ1n) is 11.2. The molecule has 1 heterocycles. The average Bonchev–Trinajstić information content (AvgIpc) is 2.77. The van der Waals surface area contributed by atoms with E-state index in [4.69, 9.17) is 21.1 Å². The highest BCUT2D eigenvalue weighted by Gasteiger charge is 2.43. The number of amides is 1. The van der Waals surface area contributed by atoms with Gasteiger partial charge in [0.1, 0.15) is 23.2 Å². The number of unbranched alkanes of at least 4 members (excludes halogenated alkanes) is 2. The van der Waals surface area contributed by atoms with Crippen molar-refractivity contribution in [1.29, 1.82) is 0 Å². The zero-order valence-corrected chi connectivity index (χ0v) is 19.6. The Hall–Kier alpha value is -2.28. The highest BCUT2D eigenvalue weighted by molar-refractivity contribution is 6.32. The standard InChI is InChI=1S/C25H33ClN2O4/c1-3-4-8-13-25(30)14-15-28(17-23(25)32-20-9-6-5-7-10-20)18-24(29)27-19-11-12-22(31-2)21(26)16-19/h5-7,9-12,16,23,30H,3-4,8,13-15,17-18H2,1-2H3,(H,27,29)/t23-,25-/m0/s1. The molecule has 0 bridgehead atoms. The Morgan fingerprint density at radius 3 is 2.72 bits per heavy atom. The van der Waals surface area contributed by atoms with E-state index in [0.29, 0.717) is 42.4 Å². The summed E-state index contributed by atoms with van der Waals surface area (Å²) in [6.45, 7) is 3.48. The molecule has 1 aliphatic rings. The van der Waals surface area contributed by atoms with Gasteiger partial charge in [0.2, 0.25) is 5.91 Å². The van der Waals surface area contributed by atoms with Crippen LogP contribution in [-0.2, 0) is 4.79 Å². The number of nitrogens with zero attached hydrogens (tertiary/aromatic N) is 1. The van der Waals surface area contributed by atoms with Gasteiger partial charge >= 0.3 is 0 Å². The summed E-state index contributed by atoms with van der Waals surface area (Å²) in [7, 11) is 1.55. The van der Waals surface area contributed by atoms with E-state index >= 15 is 0 Å². The zero-order valence-electron chi connectivity index (χ0n) is 18.9. The summed E-state index contributed by atoms with van der Waals surface area (Å²) in [6.07, 6.45) is 4.00. The van der Waals surface area contributed by atoms with Crippen LogP contribution in [0.2, 0.25) is 5.02 Å². The summed E-state index contributed by atoms with van der Waals surface area (Å²) in [5.74, 6) is 1.15. The Balaban J connectivity index is 1.63. The van der Waals surface area contributed by atoms with Gasteiger partial charge in [0.05, 0.1) is 18.7 Å². The van der Waals surface area contributed by atoms with Gasteiger partial charge < -0.3 is 19.9 Å². The minimum Gasteiger partial charge on any atom is -0.495 e. The maximum Gasteiger partial charge on any atom is 0.238 e. The number of hydrogen-bond donors (Lipinski definition) is 2. The molecule has 0 spiro atoms. The summed E-state index contributed by atoms with van der Waals surface area (Å²) in [4.78, 5) is 14.7. The number of halogens is 1. The number of likely N-dealkylation sites (tertiary alicyclic amines) is 1. The maximum atomic E-state index is 12.7. The van der Waals surface area contributed by atoms with Crippen molar-refractivity contribution in [1.82, 2.24) is 4.90 Å². The van der Waals surface area contributed by atoms with E-state index in [9.17, 15) is 9.90 Å². The molecule has 32 heavy (non-hydrogen) atoms. The number of nitrogens with one attached hydrogen (secondary N) is 1. The third kappa shape index (κ3) is 6.61. The fraction of sp³-hybridized carbons (Fsp3) is 0.480. The van der Waals surface area contributed by atoms with Gasteiger partial charge in [-0.3, -0.25) is 9.69 Å². The number of aliphatic hydroxyl groups is 1. The quantitative estimate of drug-likeness (QED) is 0.500. The fourth-order valence-corrected chi connectivity index (χ4v) is 4.33. The molecule has 2 N–H and O–H groups in total. The first-order valence-corrected chi connectivity index (χ1v) is 11.6. The monoisotopic (exact) mass is 460 g/mol. The lowest BCUT2D eigenvalue weighted by Gasteiger charge is -2.44. The van der Waals surface area contributed by atoms with Crippen molar-refractivity contribution in [2.75, 3.05) is 32.1 Å². The number of ether oxygens (including phenoxy) is 2. The van der Waals surface area contributed by atoms with Crippen molar-refractivity contribution in [2.24, 2.45) is 0 Å². The molecule has 2 aromatic carbocycles. The second-order valence-electron chi connectivity index (χ2n) is 8.36. The molecule has 2 aromatic rings. The lowest BCUT2D eigenvalue weighted by atomic mass is 9.83. The minimum atomic E-state index is -0.901. The lowest BCUT2D eigenvalue weighted by Crippen LogP contribution is -2.58. The molecule has 1 saturated heterocycles. The topological polar surface area (TPSA) is 71.0 Å². The van der Waals surface area contributed by atoms with E-state index in [2.05, 4.69) is 12.2 Å². The fourth-order valence-electron chi connectivity index (χ4n) is 4.08. The zero-order chi connectivity index (χ0) is 23.0. The van der Waals surface area contributed by atoms with Crippen LogP contribution in [0.25, 0.3) is 0 Å². The highest BCUT2D eigenvalue weighted by Crippen LogP contribution is 2.32. The molecule has 1 fully saturated rings. The van der Waals surface area contributed by atoms with Crippen LogP contribution in [-0.4, -0.2) is 54.4 Å². The van der Waals surface area contributed by atoms with E-state index < -0.39 is 11.7 Å². The van der Waals surface area contributed by atoms with Crippen LogP contribution >= 0.6 is 11.6 Å². The molecule has 7 heteroatoms. The molecule has 6 nitrogen and oxygen atoms in total. The molecule has 2 atom stereocenters. The number of para-hydroxylation sites is 1. The van der Waals surface area contributed by atoms with Gasteiger partial charge in [-0.1, -0.05) is 56.0 Å².